The highest BCUT2D eigenvalue weighted by Gasteiger charge is 2.55. The maximum absolute atomic E-state index is 15.2. The van der Waals surface area contributed by atoms with Crippen molar-refractivity contribution in [2.75, 3.05) is 7.05 Å². The predicted molar refractivity (Wildman–Crippen MR) is 109 cm³/mol. The van der Waals surface area contributed by atoms with Gasteiger partial charge in [-0.15, -0.1) is 10.2 Å². The first-order valence-electron chi connectivity index (χ1n) is 10.1. The summed E-state index contributed by atoms with van der Waals surface area (Å²) in [5, 5.41) is 18.8. The summed E-state index contributed by atoms with van der Waals surface area (Å²) in [5.41, 5.74) is 1.39. The largest absolute Gasteiger partial charge is 0.507 e. The lowest BCUT2D eigenvalue weighted by atomic mass is 9.87. The van der Waals surface area contributed by atoms with Gasteiger partial charge in [-0.2, -0.15) is 0 Å². The van der Waals surface area contributed by atoms with Crippen molar-refractivity contribution in [2.24, 2.45) is 0 Å². The molecule has 0 saturated carbocycles. The summed E-state index contributed by atoms with van der Waals surface area (Å²) in [6, 6.07) is 9.04. The molecule has 2 bridgehead atoms. The lowest BCUT2D eigenvalue weighted by Crippen LogP contribution is -2.60. The van der Waals surface area contributed by atoms with Crippen molar-refractivity contribution < 1.29 is 14.2 Å². The Kier molecular flexibility index (Phi) is 4.47. The number of halogens is 1. The van der Waals surface area contributed by atoms with Gasteiger partial charge in [-0.05, 0) is 45.0 Å². The average Bonchev–Trinajstić information content (AvgIpc) is 3.35. The zero-order valence-electron chi connectivity index (χ0n) is 16.9. The van der Waals surface area contributed by atoms with E-state index in [0.29, 0.717) is 29.6 Å². The van der Waals surface area contributed by atoms with E-state index in [1.807, 2.05) is 20.0 Å². The Labute approximate surface area is 174 Å². The molecule has 2 aliphatic heterocycles. The van der Waals surface area contributed by atoms with Gasteiger partial charge < -0.3 is 14.4 Å². The highest BCUT2D eigenvalue weighted by Crippen LogP contribution is 2.45. The van der Waals surface area contributed by atoms with Gasteiger partial charge in [0.2, 0.25) is 5.88 Å². The molecule has 0 aliphatic carbocycles. The van der Waals surface area contributed by atoms with Crippen LogP contribution in [0.4, 0.5) is 4.39 Å². The van der Waals surface area contributed by atoms with Gasteiger partial charge in [0.05, 0.1) is 23.2 Å². The summed E-state index contributed by atoms with van der Waals surface area (Å²) in [4.78, 5) is 6.16. The number of hydrogen-bond donors (Lipinski definition) is 1. The van der Waals surface area contributed by atoms with Crippen molar-refractivity contribution in [3.63, 3.8) is 0 Å². The van der Waals surface area contributed by atoms with Crippen molar-refractivity contribution in [3.05, 3.63) is 49.1 Å². The predicted octanol–water partition coefficient (Wildman–Crippen LogP) is 3.38. The molecule has 2 saturated heterocycles. The molecule has 2 aliphatic rings. The Morgan fingerprint density at radius 1 is 1.23 bits per heavy atom. The van der Waals surface area contributed by atoms with Gasteiger partial charge in [0, 0.05) is 42.6 Å². The van der Waals surface area contributed by atoms with Crippen molar-refractivity contribution >= 4 is 0 Å². The number of alkyl halides is 1. The summed E-state index contributed by atoms with van der Waals surface area (Å²) in [6.45, 7) is 1.97. The Bertz CT molecular complexity index is 1040. The molecule has 0 amide bonds. The second-order valence-electron chi connectivity index (χ2n) is 8.38. The molecule has 7 nitrogen and oxygen atoms in total. The van der Waals surface area contributed by atoms with Crippen LogP contribution in [-0.4, -0.2) is 60.7 Å². The molecule has 3 aromatic rings. The molecular weight excluding hydrogens is 385 g/mol. The average molecular weight is 409 g/mol. The number of aromatic hydroxyl groups is 1. The smallest absolute Gasteiger partial charge is 0.233 e. The van der Waals surface area contributed by atoms with Gasteiger partial charge in [-0.3, -0.25) is 4.90 Å². The molecule has 0 spiro atoms. The lowest BCUT2D eigenvalue weighted by Gasteiger charge is -2.45. The van der Waals surface area contributed by atoms with Gasteiger partial charge in [0.25, 0.3) is 0 Å². The summed E-state index contributed by atoms with van der Waals surface area (Å²) >= 11 is 0. The third-order valence-corrected chi connectivity index (χ3v) is 6.73. The quantitative estimate of drug-likeness (QED) is 0.712. The number of piperidine rings is 1. The number of rotatable bonds is 4. The number of phenolic OH excluding ortho intramolecular Hbond substituents is 1. The normalized spacial score (nSPS) is 28.6. The van der Waals surface area contributed by atoms with Crippen molar-refractivity contribution in [2.45, 2.75) is 50.0 Å². The molecule has 1 unspecified atom stereocenters. The molecule has 2 aromatic heterocycles. The molecule has 8 heteroatoms. The summed E-state index contributed by atoms with van der Waals surface area (Å²) in [5.74, 6) is 0.390. The third-order valence-electron chi connectivity index (χ3n) is 6.73. The number of phenols is 1. The second kappa shape index (κ2) is 7.05. The first kappa shape index (κ1) is 19.0. The van der Waals surface area contributed by atoms with Crippen LogP contribution in [0.25, 0.3) is 16.9 Å². The number of aromatic nitrogens is 4. The lowest BCUT2D eigenvalue weighted by molar-refractivity contribution is -0.0596. The van der Waals surface area contributed by atoms with E-state index in [1.165, 1.54) is 0 Å². The van der Waals surface area contributed by atoms with Crippen LogP contribution in [0, 0.1) is 0 Å². The van der Waals surface area contributed by atoms with E-state index in [1.54, 1.807) is 47.6 Å². The fourth-order valence-electron chi connectivity index (χ4n) is 4.74. The Morgan fingerprint density at radius 3 is 2.80 bits per heavy atom. The van der Waals surface area contributed by atoms with E-state index in [2.05, 4.69) is 20.1 Å². The van der Waals surface area contributed by atoms with Gasteiger partial charge in [-0.25, -0.2) is 9.37 Å². The van der Waals surface area contributed by atoms with Gasteiger partial charge >= 0.3 is 0 Å². The van der Waals surface area contributed by atoms with Gasteiger partial charge in [-0.1, -0.05) is 0 Å². The maximum Gasteiger partial charge on any atom is 0.233 e. The third kappa shape index (κ3) is 3.02. The molecule has 0 radical (unpaired) electrons. The highest BCUT2D eigenvalue weighted by atomic mass is 19.1. The molecule has 156 valence electrons. The standard InChI is InChI=1S/C22H24FN5O2/c1-22-8-7-14(27(22)2)12-19(21(22)23)30-20-6-5-17(25-26-20)16-4-3-15(11-18(16)29)28-10-9-24-13-28/h3-6,9-11,13-14,19,21,29H,7-8,12H2,1-2H3/t14?,19-,21+,22+/m1/s1. The topological polar surface area (TPSA) is 76.3 Å². The van der Waals surface area contributed by atoms with Crippen LogP contribution in [0.1, 0.15) is 26.2 Å². The first-order chi connectivity index (χ1) is 14.5. The summed E-state index contributed by atoms with van der Waals surface area (Å²) in [7, 11) is 2.00. The molecule has 4 heterocycles. The molecule has 2 fully saturated rings. The van der Waals surface area contributed by atoms with E-state index >= 15 is 4.39 Å². The molecular formula is C22H24FN5O2. The first-order valence-corrected chi connectivity index (χ1v) is 10.1. The van der Waals surface area contributed by atoms with Crippen molar-refractivity contribution in [3.8, 4) is 28.6 Å². The van der Waals surface area contributed by atoms with E-state index in [-0.39, 0.29) is 5.75 Å². The van der Waals surface area contributed by atoms with Gasteiger partial charge in [0.1, 0.15) is 11.9 Å². The monoisotopic (exact) mass is 409 g/mol. The van der Waals surface area contributed by atoms with Gasteiger partial charge in [0.15, 0.2) is 6.17 Å². The number of benzene rings is 1. The fourth-order valence-corrected chi connectivity index (χ4v) is 4.74. The van der Waals surface area contributed by atoms with E-state index in [0.717, 1.165) is 18.5 Å². The minimum atomic E-state index is -1.08. The summed E-state index contributed by atoms with van der Waals surface area (Å²) < 4.78 is 22.9. The van der Waals surface area contributed by atoms with Crippen molar-refractivity contribution in [1.82, 2.24) is 24.6 Å². The Hall–Kier alpha value is -3.00. The fraction of sp³-hybridized carbons (Fsp3) is 0.409. The van der Waals surface area contributed by atoms with E-state index in [9.17, 15) is 5.11 Å². The van der Waals surface area contributed by atoms with Crippen LogP contribution in [0.5, 0.6) is 11.6 Å². The second-order valence-corrected chi connectivity index (χ2v) is 8.38. The minimum absolute atomic E-state index is 0.0906. The highest BCUT2D eigenvalue weighted by molar-refractivity contribution is 5.68. The Morgan fingerprint density at radius 2 is 2.10 bits per heavy atom. The van der Waals surface area contributed by atoms with Crippen LogP contribution < -0.4 is 4.74 Å². The molecule has 5 rings (SSSR count). The number of nitrogens with zero attached hydrogens (tertiary/aromatic N) is 5. The van der Waals surface area contributed by atoms with E-state index in [4.69, 9.17) is 4.74 Å². The van der Waals surface area contributed by atoms with E-state index < -0.39 is 17.8 Å². The molecule has 4 atom stereocenters. The van der Waals surface area contributed by atoms with Crippen LogP contribution >= 0.6 is 0 Å². The zero-order valence-corrected chi connectivity index (χ0v) is 16.9. The summed E-state index contributed by atoms with van der Waals surface area (Å²) in [6.07, 6.45) is 6.01. The molecule has 30 heavy (non-hydrogen) atoms. The maximum atomic E-state index is 15.2. The number of ether oxygens (including phenoxy) is 1. The number of fused-ring (bicyclic) bond motifs is 2. The van der Waals surface area contributed by atoms with Crippen LogP contribution in [0.3, 0.4) is 0 Å². The van der Waals surface area contributed by atoms with Crippen LogP contribution in [-0.2, 0) is 0 Å². The SMILES string of the molecule is CN1C2CC[C@@]1(C)[C@@H](F)[C@H](Oc1ccc(-c3ccc(-n4ccnc4)cc3O)nn1)C2. The zero-order chi connectivity index (χ0) is 20.9. The van der Waals surface area contributed by atoms with Crippen molar-refractivity contribution in [1.29, 1.82) is 0 Å². The molecule has 1 aromatic carbocycles. The Balaban J connectivity index is 1.33. The number of imidazole rings is 1. The number of hydrogen-bond acceptors (Lipinski definition) is 6. The molecule has 1 N–H and O–H groups in total. The minimum Gasteiger partial charge on any atom is -0.507 e. The van der Waals surface area contributed by atoms with Crippen LogP contribution in [0.2, 0.25) is 0 Å². The van der Waals surface area contributed by atoms with Crippen LogP contribution in [0.15, 0.2) is 49.1 Å².